The van der Waals surface area contributed by atoms with Crippen molar-refractivity contribution in [1.82, 2.24) is 9.88 Å². The highest BCUT2D eigenvalue weighted by Crippen LogP contribution is 2.42. The molecule has 55 heavy (non-hydrogen) atoms. The lowest BCUT2D eigenvalue weighted by atomic mass is 9.84. The average molecular weight is 735 g/mol. The molecule has 6 aromatic rings. The van der Waals surface area contributed by atoms with Gasteiger partial charge in [-0.25, -0.2) is 4.39 Å². The summed E-state index contributed by atoms with van der Waals surface area (Å²) in [7, 11) is 0. The average Bonchev–Trinajstić information content (AvgIpc) is 3.77. The Balaban J connectivity index is 1.28. The first kappa shape index (κ1) is 36.7. The Morgan fingerprint density at radius 2 is 1.33 bits per heavy atom. The second-order valence-electron chi connectivity index (χ2n) is 13.5. The van der Waals surface area contributed by atoms with Crippen LogP contribution in [0.25, 0.3) is 11.1 Å². The van der Waals surface area contributed by atoms with E-state index in [1.165, 1.54) is 26.2 Å². The number of Topliss-reactive ketones (excluding diaryl/α,β-unsaturated/α-hetero) is 2. The summed E-state index contributed by atoms with van der Waals surface area (Å²) in [5, 5.41) is 0. The first-order valence-electron chi connectivity index (χ1n) is 18.1. The van der Waals surface area contributed by atoms with Crippen LogP contribution in [0.5, 0.6) is 0 Å². The van der Waals surface area contributed by atoms with E-state index in [0.717, 1.165) is 17.2 Å². The van der Waals surface area contributed by atoms with Crippen LogP contribution in [0.15, 0.2) is 144 Å². The lowest BCUT2D eigenvalue weighted by Crippen LogP contribution is -2.52. The number of aromatic nitrogens is 1. The third kappa shape index (κ3) is 7.70. The number of amides is 2. The molecule has 3 heterocycles. The van der Waals surface area contributed by atoms with Crippen molar-refractivity contribution < 1.29 is 28.0 Å². The van der Waals surface area contributed by atoms with Crippen molar-refractivity contribution >= 4 is 34.8 Å². The van der Waals surface area contributed by atoms with Gasteiger partial charge in [0.2, 0.25) is 5.91 Å². The van der Waals surface area contributed by atoms with Crippen molar-refractivity contribution in [2.24, 2.45) is 0 Å². The van der Waals surface area contributed by atoms with Crippen LogP contribution in [0.1, 0.15) is 68.2 Å². The summed E-state index contributed by atoms with van der Waals surface area (Å²) in [6.07, 6.45) is 4.76. The minimum absolute atomic E-state index is 0.0399. The normalized spacial score (nSPS) is 13.9. The number of furan rings is 1. The highest BCUT2D eigenvalue weighted by atomic mass is 19.1. The SMILES string of the molecule is CC(=O)c1cc(F)c(N2CCN(C(=O)C(c3ccccc3)[C@@H](c3cccnc3)N(C(=O)c3ccco3)c3ccc(-c4ccccc4)cc3)CC2)cc1C(C)=O. The van der Waals surface area contributed by atoms with Gasteiger partial charge in [-0.2, -0.15) is 0 Å². The first-order valence-corrected chi connectivity index (χ1v) is 18.1. The zero-order valence-corrected chi connectivity index (χ0v) is 30.5. The van der Waals surface area contributed by atoms with E-state index in [0.29, 0.717) is 16.8 Å². The maximum atomic E-state index is 15.5. The van der Waals surface area contributed by atoms with E-state index in [1.54, 1.807) is 45.3 Å². The van der Waals surface area contributed by atoms with E-state index < -0.39 is 29.5 Å². The highest BCUT2D eigenvalue weighted by Gasteiger charge is 2.42. The number of rotatable bonds is 11. The number of carbonyl (C=O) groups excluding carboxylic acids is 4. The molecule has 1 saturated heterocycles. The van der Waals surface area contributed by atoms with Gasteiger partial charge in [0.05, 0.1) is 23.9 Å². The Bertz CT molecular complexity index is 2290. The van der Waals surface area contributed by atoms with Crippen LogP contribution in [0.2, 0.25) is 0 Å². The summed E-state index contributed by atoms with van der Waals surface area (Å²) in [5.41, 5.74) is 4.26. The van der Waals surface area contributed by atoms with Crippen LogP contribution in [0.4, 0.5) is 15.8 Å². The Morgan fingerprint density at radius 1 is 0.709 bits per heavy atom. The minimum Gasteiger partial charge on any atom is -0.459 e. The molecule has 0 radical (unpaired) electrons. The molecule has 0 saturated carbocycles. The Hall–Kier alpha value is -6.68. The van der Waals surface area contributed by atoms with Gasteiger partial charge >= 0.3 is 0 Å². The molecule has 1 fully saturated rings. The number of halogens is 1. The summed E-state index contributed by atoms with van der Waals surface area (Å²) in [6, 6.07) is 35.5. The molecule has 2 amide bonds. The number of benzene rings is 4. The zero-order valence-electron chi connectivity index (χ0n) is 30.5. The molecule has 276 valence electrons. The second-order valence-corrected chi connectivity index (χ2v) is 13.5. The minimum atomic E-state index is -0.902. The number of anilines is 2. The molecule has 0 bridgehead atoms. The zero-order chi connectivity index (χ0) is 38.5. The molecule has 0 spiro atoms. The monoisotopic (exact) mass is 734 g/mol. The Morgan fingerprint density at radius 3 is 1.93 bits per heavy atom. The fraction of sp³-hybridized carbons (Fsp3) is 0.178. The van der Waals surface area contributed by atoms with Crippen molar-refractivity contribution in [2.45, 2.75) is 25.8 Å². The van der Waals surface area contributed by atoms with Crippen molar-refractivity contribution in [3.63, 3.8) is 0 Å². The molecule has 10 heteroatoms. The lowest BCUT2D eigenvalue weighted by Gasteiger charge is -2.41. The molecule has 7 rings (SSSR count). The largest absolute Gasteiger partial charge is 0.459 e. The molecule has 1 aliphatic heterocycles. The Kier molecular flexibility index (Phi) is 10.8. The predicted octanol–water partition coefficient (Wildman–Crippen LogP) is 8.41. The topological polar surface area (TPSA) is 104 Å². The molecule has 1 aliphatic rings. The van der Waals surface area contributed by atoms with Gasteiger partial charge in [-0.05, 0) is 78.6 Å². The van der Waals surface area contributed by atoms with Gasteiger partial charge < -0.3 is 14.2 Å². The second kappa shape index (κ2) is 16.1. The van der Waals surface area contributed by atoms with Crippen LogP contribution in [0, 0.1) is 5.82 Å². The molecular weight excluding hydrogens is 696 g/mol. The molecule has 2 atom stereocenters. The molecule has 4 aromatic carbocycles. The molecular formula is C45H39FN4O5. The first-order chi connectivity index (χ1) is 26.7. The van der Waals surface area contributed by atoms with Crippen molar-refractivity contribution in [3.8, 4) is 11.1 Å². The molecule has 0 N–H and O–H groups in total. The predicted molar refractivity (Wildman–Crippen MR) is 209 cm³/mol. The highest BCUT2D eigenvalue weighted by molar-refractivity contribution is 6.08. The number of piperazine rings is 1. The number of pyridine rings is 1. The van der Waals surface area contributed by atoms with Gasteiger partial charge in [0, 0.05) is 55.4 Å². The number of nitrogens with zero attached hydrogens (tertiary/aromatic N) is 4. The third-order valence-corrected chi connectivity index (χ3v) is 10.0. The van der Waals surface area contributed by atoms with Crippen molar-refractivity contribution in [1.29, 1.82) is 0 Å². The number of hydrogen-bond acceptors (Lipinski definition) is 7. The van der Waals surface area contributed by atoms with Crippen LogP contribution in [-0.2, 0) is 4.79 Å². The van der Waals surface area contributed by atoms with Crippen LogP contribution >= 0.6 is 0 Å². The van der Waals surface area contributed by atoms with E-state index >= 15 is 9.18 Å². The van der Waals surface area contributed by atoms with Gasteiger partial charge in [0.15, 0.2) is 17.3 Å². The standard InChI is InChI=1S/C45H39FN4O5/c1-30(51)37-27-39(46)40(28-38(37)31(2)52)48-22-24-49(25-23-48)45(54)42(34-13-7-4-8-14-34)43(35-15-9-21-47-29-35)50(44(53)41-16-10-26-55-41)36-19-17-33(18-20-36)32-11-5-3-6-12-32/h3-21,26-29,42-43H,22-25H2,1-2H3/t42?,43-/m1/s1. The van der Waals surface area contributed by atoms with E-state index in [1.807, 2.05) is 91.0 Å². The van der Waals surface area contributed by atoms with Crippen molar-refractivity contribution in [3.05, 3.63) is 174 Å². The number of hydrogen-bond donors (Lipinski definition) is 0. The Labute approximate surface area is 318 Å². The summed E-state index contributed by atoms with van der Waals surface area (Å²) in [5.74, 6) is -2.80. The van der Waals surface area contributed by atoms with Gasteiger partial charge in [-0.15, -0.1) is 0 Å². The molecule has 2 aromatic heterocycles. The summed E-state index contributed by atoms with van der Waals surface area (Å²) in [6.45, 7) is 3.67. The summed E-state index contributed by atoms with van der Waals surface area (Å²) < 4.78 is 21.1. The maximum Gasteiger partial charge on any atom is 0.294 e. The van der Waals surface area contributed by atoms with Gasteiger partial charge in [-0.3, -0.25) is 29.1 Å². The van der Waals surface area contributed by atoms with Gasteiger partial charge in [0.1, 0.15) is 5.82 Å². The molecule has 9 nitrogen and oxygen atoms in total. The van der Waals surface area contributed by atoms with Gasteiger partial charge in [0.25, 0.3) is 5.91 Å². The molecule has 0 aliphatic carbocycles. The van der Waals surface area contributed by atoms with Crippen LogP contribution in [-0.4, -0.2) is 59.4 Å². The fourth-order valence-corrected chi connectivity index (χ4v) is 7.28. The fourth-order valence-electron chi connectivity index (χ4n) is 7.28. The van der Waals surface area contributed by atoms with E-state index in [9.17, 15) is 14.4 Å². The van der Waals surface area contributed by atoms with E-state index in [-0.39, 0.29) is 60.4 Å². The third-order valence-electron chi connectivity index (χ3n) is 10.0. The number of ketones is 2. The van der Waals surface area contributed by atoms with Crippen molar-refractivity contribution in [2.75, 3.05) is 36.0 Å². The van der Waals surface area contributed by atoms with Crippen LogP contribution < -0.4 is 9.80 Å². The quantitative estimate of drug-likeness (QED) is 0.123. The smallest absolute Gasteiger partial charge is 0.294 e. The molecule has 1 unspecified atom stereocenters. The lowest BCUT2D eigenvalue weighted by molar-refractivity contribution is -0.133. The van der Waals surface area contributed by atoms with Crippen LogP contribution in [0.3, 0.4) is 0 Å². The van der Waals surface area contributed by atoms with Gasteiger partial charge in [-0.1, -0.05) is 78.9 Å². The maximum absolute atomic E-state index is 15.5. The number of carbonyl (C=O) groups is 4. The van der Waals surface area contributed by atoms with E-state index in [2.05, 4.69) is 4.98 Å². The van der Waals surface area contributed by atoms with E-state index in [4.69, 9.17) is 4.42 Å². The summed E-state index contributed by atoms with van der Waals surface area (Å²) in [4.78, 5) is 64.0. The summed E-state index contributed by atoms with van der Waals surface area (Å²) >= 11 is 0.